The Balaban J connectivity index is 2.74. The van der Waals surface area contributed by atoms with Gasteiger partial charge in [0.2, 0.25) is 0 Å². The predicted molar refractivity (Wildman–Crippen MR) is 43.1 cm³/mol. The number of carboxylic acid groups (broad SMARTS) is 1. The Morgan fingerprint density at radius 3 is 2.80 bits per heavy atom. The summed E-state index contributed by atoms with van der Waals surface area (Å²) in [5, 5.41) is 8.59. The van der Waals surface area contributed by atoms with E-state index in [-0.39, 0.29) is 0 Å². The zero-order valence-corrected chi connectivity index (χ0v) is 7.52. The van der Waals surface area contributed by atoms with Crippen molar-refractivity contribution in [2.75, 3.05) is 7.05 Å². The lowest BCUT2D eigenvalue weighted by atomic mass is 10.3. The number of rotatable bonds is 1. The molecule has 56 valence electrons. The molecule has 0 fully saturated rings. The van der Waals surface area contributed by atoms with Gasteiger partial charge in [0.15, 0.2) is 6.04 Å². The molecule has 6 heteroatoms. The van der Waals surface area contributed by atoms with Gasteiger partial charge < -0.3 is 5.11 Å². The highest BCUT2D eigenvalue weighted by atomic mass is 79.9. The largest absolute Gasteiger partial charge is 0.480 e. The van der Waals surface area contributed by atoms with E-state index in [0.29, 0.717) is 4.62 Å². The van der Waals surface area contributed by atoms with Crippen molar-refractivity contribution in [1.29, 1.82) is 0 Å². The van der Waals surface area contributed by atoms with E-state index in [2.05, 4.69) is 20.3 Å². The van der Waals surface area contributed by atoms with Crippen LogP contribution < -0.4 is 0 Å². The van der Waals surface area contributed by atoms with Gasteiger partial charge in [-0.05, 0) is 15.9 Å². The summed E-state index contributed by atoms with van der Waals surface area (Å²) < 4.78 is 5.84. The second-order valence-electron chi connectivity index (χ2n) is 1.78. The number of nitrogens with zero attached hydrogens (tertiary/aromatic N) is 2. The highest BCUT2D eigenvalue weighted by Gasteiger charge is 2.32. The SMILES string of the molecule is CN1SN=C(Br)C1C(=O)O. The van der Waals surface area contributed by atoms with Crippen molar-refractivity contribution in [3.05, 3.63) is 0 Å². The second-order valence-corrected chi connectivity index (χ2v) is 3.52. The molecule has 0 aromatic heterocycles. The molecule has 0 amide bonds. The van der Waals surface area contributed by atoms with E-state index in [1.54, 1.807) is 11.4 Å². The van der Waals surface area contributed by atoms with Gasteiger partial charge in [0.1, 0.15) is 4.62 Å². The summed E-state index contributed by atoms with van der Waals surface area (Å²) in [7, 11) is 1.68. The molecular weight excluding hydrogens is 220 g/mol. The third-order valence-electron chi connectivity index (χ3n) is 1.08. The number of likely N-dealkylation sites (N-methyl/N-ethyl adjacent to an activating group) is 1. The molecule has 0 aromatic carbocycles. The highest BCUT2D eigenvalue weighted by molar-refractivity contribution is 9.18. The lowest BCUT2D eigenvalue weighted by Crippen LogP contribution is -2.34. The molecule has 1 N–H and O–H groups in total. The molecule has 1 atom stereocenters. The molecule has 10 heavy (non-hydrogen) atoms. The molecule has 0 radical (unpaired) electrons. The Kier molecular flexibility index (Phi) is 2.32. The van der Waals surface area contributed by atoms with Gasteiger partial charge in [0.25, 0.3) is 0 Å². The van der Waals surface area contributed by atoms with Gasteiger partial charge >= 0.3 is 5.97 Å². The third kappa shape index (κ3) is 1.33. The van der Waals surface area contributed by atoms with Crippen LogP contribution in [0.5, 0.6) is 0 Å². The fourth-order valence-electron chi connectivity index (χ4n) is 0.608. The third-order valence-corrected chi connectivity index (χ3v) is 2.67. The van der Waals surface area contributed by atoms with E-state index in [9.17, 15) is 4.79 Å². The quantitative estimate of drug-likeness (QED) is 0.668. The summed E-state index contributed by atoms with van der Waals surface area (Å²) in [6.07, 6.45) is 0. The van der Waals surface area contributed by atoms with Gasteiger partial charge in [-0.1, -0.05) is 0 Å². The highest BCUT2D eigenvalue weighted by Crippen LogP contribution is 2.25. The summed E-state index contributed by atoms with van der Waals surface area (Å²) in [5.74, 6) is -0.886. The van der Waals surface area contributed by atoms with Crippen LogP contribution in [0, 0.1) is 0 Å². The zero-order valence-electron chi connectivity index (χ0n) is 5.11. The zero-order chi connectivity index (χ0) is 7.72. The molecule has 1 heterocycles. The van der Waals surface area contributed by atoms with Crippen molar-refractivity contribution >= 4 is 38.7 Å². The van der Waals surface area contributed by atoms with Crippen LogP contribution in [-0.2, 0) is 4.79 Å². The minimum absolute atomic E-state index is 0.465. The first-order chi connectivity index (χ1) is 4.63. The van der Waals surface area contributed by atoms with E-state index in [4.69, 9.17) is 5.11 Å². The number of hydrogen-bond acceptors (Lipinski definition) is 4. The van der Waals surface area contributed by atoms with Gasteiger partial charge in [-0.2, -0.15) is 4.40 Å². The molecule has 4 nitrogen and oxygen atoms in total. The van der Waals surface area contributed by atoms with Crippen molar-refractivity contribution in [3.8, 4) is 0 Å². The second kappa shape index (κ2) is 2.89. The van der Waals surface area contributed by atoms with Crippen LogP contribution in [0.4, 0.5) is 0 Å². The number of aliphatic carboxylic acids is 1. The average Bonchev–Trinajstić information content (AvgIpc) is 2.11. The molecule has 0 saturated heterocycles. The first-order valence-electron chi connectivity index (χ1n) is 2.49. The van der Waals surface area contributed by atoms with Gasteiger partial charge in [0.05, 0.1) is 12.1 Å². The van der Waals surface area contributed by atoms with Crippen molar-refractivity contribution < 1.29 is 9.90 Å². The van der Waals surface area contributed by atoms with Crippen LogP contribution in [0.3, 0.4) is 0 Å². The molecular formula is C4H5BrN2O2S. The predicted octanol–water partition coefficient (Wildman–Crippen LogP) is 0.742. The lowest BCUT2D eigenvalue weighted by Gasteiger charge is -2.10. The molecule has 1 unspecified atom stereocenters. The number of hydrogen-bond donors (Lipinski definition) is 1. The molecule has 0 aromatic rings. The maximum atomic E-state index is 10.5. The first kappa shape index (κ1) is 8.03. The molecule has 0 spiro atoms. The molecule has 0 saturated carbocycles. The van der Waals surface area contributed by atoms with Crippen LogP contribution >= 0.6 is 28.1 Å². The van der Waals surface area contributed by atoms with E-state index >= 15 is 0 Å². The molecule has 0 aliphatic carbocycles. The molecule has 0 bridgehead atoms. The van der Waals surface area contributed by atoms with Crippen molar-refractivity contribution in [2.24, 2.45) is 4.40 Å². The molecule has 1 aliphatic rings. The Hall–Kier alpha value is -0.0700. The van der Waals surface area contributed by atoms with Gasteiger partial charge in [-0.3, -0.25) is 4.79 Å². The number of halogens is 1. The summed E-state index contributed by atoms with van der Waals surface area (Å²) >= 11 is 4.19. The maximum Gasteiger partial charge on any atom is 0.328 e. The fourth-order valence-corrected chi connectivity index (χ4v) is 2.03. The Labute approximate surface area is 70.7 Å². The van der Waals surface area contributed by atoms with Gasteiger partial charge in [0, 0.05) is 7.05 Å². The topological polar surface area (TPSA) is 52.9 Å². The lowest BCUT2D eigenvalue weighted by molar-refractivity contribution is -0.138. The van der Waals surface area contributed by atoms with Gasteiger partial charge in [-0.25, -0.2) is 4.31 Å². The molecule has 1 rings (SSSR count). The van der Waals surface area contributed by atoms with E-state index in [1.165, 1.54) is 0 Å². The van der Waals surface area contributed by atoms with E-state index < -0.39 is 12.0 Å². The standard InChI is InChI=1S/C4H5BrN2O2S/c1-7-2(4(8)9)3(5)6-10-7/h2H,1H3,(H,8,9). The summed E-state index contributed by atoms with van der Waals surface area (Å²) in [5.41, 5.74) is 0. The molecule has 1 aliphatic heterocycles. The Bertz CT molecular complexity index is 196. The van der Waals surface area contributed by atoms with Crippen molar-refractivity contribution in [1.82, 2.24) is 4.31 Å². The first-order valence-corrected chi connectivity index (χ1v) is 4.01. The Morgan fingerprint density at radius 1 is 2.00 bits per heavy atom. The van der Waals surface area contributed by atoms with Crippen molar-refractivity contribution in [3.63, 3.8) is 0 Å². The summed E-state index contributed by atoms with van der Waals surface area (Å²) in [6.45, 7) is 0. The number of carbonyl (C=O) groups is 1. The minimum Gasteiger partial charge on any atom is -0.480 e. The summed E-state index contributed by atoms with van der Waals surface area (Å²) in [6, 6.07) is -0.620. The van der Waals surface area contributed by atoms with Crippen LogP contribution in [0.2, 0.25) is 0 Å². The van der Waals surface area contributed by atoms with Crippen molar-refractivity contribution in [2.45, 2.75) is 6.04 Å². The maximum absolute atomic E-state index is 10.5. The average molecular weight is 225 g/mol. The fraction of sp³-hybridized carbons (Fsp3) is 0.500. The summed E-state index contributed by atoms with van der Waals surface area (Å²) in [4.78, 5) is 10.5. The van der Waals surface area contributed by atoms with E-state index in [1.807, 2.05) is 0 Å². The van der Waals surface area contributed by atoms with Crippen LogP contribution in [0.1, 0.15) is 0 Å². The van der Waals surface area contributed by atoms with Crippen LogP contribution in [0.15, 0.2) is 4.40 Å². The Morgan fingerprint density at radius 2 is 2.60 bits per heavy atom. The minimum atomic E-state index is -0.886. The smallest absolute Gasteiger partial charge is 0.328 e. The van der Waals surface area contributed by atoms with E-state index in [0.717, 1.165) is 12.1 Å². The van der Waals surface area contributed by atoms with Gasteiger partial charge in [-0.15, -0.1) is 0 Å². The number of carboxylic acids is 1. The monoisotopic (exact) mass is 224 g/mol. The van der Waals surface area contributed by atoms with Crippen LogP contribution in [0.25, 0.3) is 0 Å². The van der Waals surface area contributed by atoms with Crippen LogP contribution in [-0.4, -0.2) is 33.1 Å². The normalized spacial score (nSPS) is 26.6.